The lowest BCUT2D eigenvalue weighted by Crippen LogP contribution is -2.11. The third-order valence-electron chi connectivity index (χ3n) is 4.09. The van der Waals surface area contributed by atoms with Crippen molar-refractivity contribution >= 4 is 22.9 Å². The molecule has 0 fully saturated rings. The number of aromatic nitrogens is 2. The second kappa shape index (κ2) is 6.98. The summed E-state index contributed by atoms with van der Waals surface area (Å²) in [5, 5.41) is 6.01. The Bertz CT molecular complexity index is 1020. The molecule has 5 heteroatoms. The van der Waals surface area contributed by atoms with Crippen molar-refractivity contribution < 1.29 is 4.79 Å². The second-order valence-electron chi connectivity index (χ2n) is 5.92. The molecule has 0 aliphatic rings. The van der Waals surface area contributed by atoms with Crippen molar-refractivity contribution in [2.24, 2.45) is 0 Å². The van der Waals surface area contributed by atoms with Gasteiger partial charge in [-0.15, -0.1) is 11.3 Å². The number of anilines is 1. The molecular weight excluding hydrogens is 342 g/mol. The Morgan fingerprint density at radius 1 is 1.00 bits per heavy atom. The molecule has 0 bridgehead atoms. The Morgan fingerprint density at radius 3 is 2.31 bits per heavy atom. The van der Waals surface area contributed by atoms with Crippen LogP contribution in [0.3, 0.4) is 0 Å². The predicted octanol–water partition coefficient (Wildman–Crippen LogP) is 5.16. The summed E-state index contributed by atoms with van der Waals surface area (Å²) in [5.41, 5.74) is 4.42. The van der Waals surface area contributed by atoms with Crippen LogP contribution in [0.25, 0.3) is 16.9 Å². The van der Waals surface area contributed by atoms with E-state index in [4.69, 9.17) is 0 Å². The average Bonchev–Trinajstić information content (AvgIpc) is 3.34. The van der Waals surface area contributed by atoms with Crippen molar-refractivity contribution in [1.29, 1.82) is 0 Å². The van der Waals surface area contributed by atoms with Crippen LogP contribution in [0, 0.1) is 6.92 Å². The number of hydrogen-bond acceptors (Lipinski definition) is 3. The number of nitrogens with one attached hydrogen (secondary N) is 1. The smallest absolute Gasteiger partial charge is 0.255 e. The van der Waals surface area contributed by atoms with Gasteiger partial charge in [0.25, 0.3) is 5.91 Å². The van der Waals surface area contributed by atoms with Crippen LogP contribution in [0.2, 0.25) is 0 Å². The summed E-state index contributed by atoms with van der Waals surface area (Å²) in [6.45, 7) is 1.99. The molecule has 0 saturated carbocycles. The van der Waals surface area contributed by atoms with E-state index in [9.17, 15) is 4.79 Å². The van der Waals surface area contributed by atoms with Crippen LogP contribution in [0.15, 0.2) is 78.4 Å². The van der Waals surface area contributed by atoms with Gasteiger partial charge in [-0.05, 0) is 55.5 Å². The van der Waals surface area contributed by atoms with Crippen LogP contribution in [0.4, 0.5) is 5.69 Å². The fourth-order valence-corrected chi connectivity index (χ4v) is 3.34. The molecule has 26 heavy (non-hydrogen) atoms. The molecule has 0 spiro atoms. The molecule has 4 nitrogen and oxygen atoms in total. The molecule has 0 saturated heterocycles. The number of aryl methyl sites for hydroxylation is 1. The normalized spacial score (nSPS) is 10.7. The molecule has 0 radical (unpaired) electrons. The standard InChI is InChI=1S/C21H17N3OS/c1-15-22-20(14-26-15)16-4-8-18(9-5-16)23-21(25)17-6-10-19(11-7-17)24-12-2-3-13-24/h2-14H,1H3,(H,23,25). The summed E-state index contributed by atoms with van der Waals surface area (Å²) in [6.07, 6.45) is 3.95. The molecule has 4 rings (SSSR count). The molecule has 4 aromatic rings. The Labute approximate surface area is 155 Å². The molecule has 128 valence electrons. The first-order valence-electron chi connectivity index (χ1n) is 8.26. The molecule has 1 N–H and O–H groups in total. The van der Waals surface area contributed by atoms with E-state index < -0.39 is 0 Å². The summed E-state index contributed by atoms with van der Waals surface area (Å²) < 4.78 is 2.00. The first kappa shape index (κ1) is 16.3. The highest BCUT2D eigenvalue weighted by Gasteiger charge is 2.07. The van der Waals surface area contributed by atoms with Gasteiger partial charge in [0.1, 0.15) is 0 Å². The molecule has 0 aliphatic carbocycles. The number of carbonyl (C=O) groups is 1. The zero-order valence-corrected chi connectivity index (χ0v) is 15.0. The van der Waals surface area contributed by atoms with E-state index in [-0.39, 0.29) is 5.91 Å². The van der Waals surface area contributed by atoms with Gasteiger partial charge in [0.15, 0.2) is 0 Å². The van der Waals surface area contributed by atoms with Gasteiger partial charge in [0, 0.05) is 40.3 Å². The third kappa shape index (κ3) is 3.43. The lowest BCUT2D eigenvalue weighted by atomic mass is 10.1. The summed E-state index contributed by atoms with van der Waals surface area (Å²) in [4.78, 5) is 16.9. The number of carbonyl (C=O) groups excluding carboxylic acids is 1. The number of nitrogens with zero attached hydrogens (tertiary/aromatic N) is 2. The molecule has 1 amide bonds. The van der Waals surface area contributed by atoms with E-state index in [1.54, 1.807) is 11.3 Å². The Hall–Kier alpha value is -3.18. The second-order valence-corrected chi connectivity index (χ2v) is 6.98. The molecule has 0 unspecified atom stereocenters. The van der Waals surface area contributed by atoms with Gasteiger partial charge in [0.2, 0.25) is 0 Å². The van der Waals surface area contributed by atoms with Crippen LogP contribution in [-0.2, 0) is 0 Å². The number of rotatable bonds is 4. The maximum atomic E-state index is 12.4. The van der Waals surface area contributed by atoms with Crippen molar-refractivity contribution in [2.45, 2.75) is 6.92 Å². The minimum Gasteiger partial charge on any atom is -0.324 e. The Morgan fingerprint density at radius 2 is 1.69 bits per heavy atom. The summed E-state index contributed by atoms with van der Waals surface area (Å²) in [5.74, 6) is -0.124. The summed E-state index contributed by atoms with van der Waals surface area (Å²) in [6, 6.07) is 19.2. The number of hydrogen-bond donors (Lipinski definition) is 1. The average molecular weight is 359 g/mol. The number of amides is 1. The highest BCUT2D eigenvalue weighted by Crippen LogP contribution is 2.23. The molecule has 0 aliphatic heterocycles. The number of benzene rings is 2. The first-order chi connectivity index (χ1) is 12.7. The van der Waals surface area contributed by atoms with E-state index in [1.807, 2.05) is 89.9 Å². The topological polar surface area (TPSA) is 46.9 Å². The Kier molecular flexibility index (Phi) is 4.37. The van der Waals surface area contributed by atoms with Crippen LogP contribution < -0.4 is 5.32 Å². The maximum absolute atomic E-state index is 12.4. The lowest BCUT2D eigenvalue weighted by molar-refractivity contribution is 0.102. The number of thiazole rings is 1. The van der Waals surface area contributed by atoms with Gasteiger partial charge in [-0.3, -0.25) is 4.79 Å². The SMILES string of the molecule is Cc1nc(-c2ccc(NC(=O)c3ccc(-n4cccc4)cc3)cc2)cs1. The molecule has 2 heterocycles. The van der Waals surface area contributed by atoms with Gasteiger partial charge in [-0.2, -0.15) is 0 Å². The van der Waals surface area contributed by atoms with E-state index >= 15 is 0 Å². The van der Waals surface area contributed by atoms with Crippen molar-refractivity contribution in [2.75, 3.05) is 5.32 Å². The summed E-state index contributed by atoms with van der Waals surface area (Å²) in [7, 11) is 0. The van der Waals surface area contributed by atoms with Crippen LogP contribution in [0.1, 0.15) is 15.4 Å². The van der Waals surface area contributed by atoms with Gasteiger partial charge in [0.05, 0.1) is 10.7 Å². The van der Waals surface area contributed by atoms with Crippen molar-refractivity contribution in [3.63, 3.8) is 0 Å². The molecular formula is C21H17N3OS. The zero-order valence-electron chi connectivity index (χ0n) is 14.2. The lowest BCUT2D eigenvalue weighted by Gasteiger charge is -2.08. The van der Waals surface area contributed by atoms with Crippen molar-refractivity contribution in [3.05, 3.63) is 89.0 Å². The van der Waals surface area contributed by atoms with Gasteiger partial charge >= 0.3 is 0 Å². The monoisotopic (exact) mass is 359 g/mol. The van der Waals surface area contributed by atoms with Crippen LogP contribution in [0.5, 0.6) is 0 Å². The van der Waals surface area contributed by atoms with E-state index in [0.717, 1.165) is 27.6 Å². The quantitative estimate of drug-likeness (QED) is 0.547. The van der Waals surface area contributed by atoms with Gasteiger partial charge in [-0.1, -0.05) is 12.1 Å². The molecule has 2 aromatic heterocycles. The van der Waals surface area contributed by atoms with Gasteiger partial charge in [-0.25, -0.2) is 4.98 Å². The van der Waals surface area contributed by atoms with Crippen LogP contribution in [-0.4, -0.2) is 15.5 Å². The van der Waals surface area contributed by atoms with E-state index in [1.165, 1.54) is 0 Å². The van der Waals surface area contributed by atoms with Crippen molar-refractivity contribution in [3.8, 4) is 16.9 Å². The highest BCUT2D eigenvalue weighted by molar-refractivity contribution is 7.09. The largest absolute Gasteiger partial charge is 0.324 e. The minimum absolute atomic E-state index is 0.124. The first-order valence-corrected chi connectivity index (χ1v) is 9.14. The highest BCUT2D eigenvalue weighted by atomic mass is 32.1. The third-order valence-corrected chi connectivity index (χ3v) is 4.86. The maximum Gasteiger partial charge on any atom is 0.255 e. The van der Waals surface area contributed by atoms with E-state index in [2.05, 4.69) is 10.3 Å². The van der Waals surface area contributed by atoms with Gasteiger partial charge < -0.3 is 9.88 Å². The van der Waals surface area contributed by atoms with Crippen molar-refractivity contribution in [1.82, 2.24) is 9.55 Å². The fraction of sp³-hybridized carbons (Fsp3) is 0.0476. The van der Waals surface area contributed by atoms with Crippen LogP contribution >= 0.6 is 11.3 Å². The van der Waals surface area contributed by atoms with E-state index in [0.29, 0.717) is 5.56 Å². The molecule has 2 aromatic carbocycles. The minimum atomic E-state index is -0.124. The predicted molar refractivity (Wildman–Crippen MR) is 106 cm³/mol. The Balaban J connectivity index is 1.46. The fourth-order valence-electron chi connectivity index (χ4n) is 2.72. The molecule has 0 atom stereocenters. The zero-order chi connectivity index (χ0) is 17.9. The summed E-state index contributed by atoms with van der Waals surface area (Å²) >= 11 is 1.63.